The zero-order valence-corrected chi connectivity index (χ0v) is 16.9. The molecule has 32 heavy (non-hydrogen) atoms. The summed E-state index contributed by atoms with van der Waals surface area (Å²) >= 11 is 0. The molecule has 3 aromatic carbocycles. The highest BCUT2D eigenvalue weighted by molar-refractivity contribution is 6.02. The summed E-state index contributed by atoms with van der Waals surface area (Å²) in [5, 5.41) is 5.37. The Morgan fingerprint density at radius 2 is 1.78 bits per heavy atom. The summed E-state index contributed by atoms with van der Waals surface area (Å²) in [5.74, 6) is 1.04. The number of ether oxygens (including phenoxy) is 2. The fourth-order valence-corrected chi connectivity index (χ4v) is 4.02. The van der Waals surface area contributed by atoms with E-state index in [0.717, 1.165) is 16.3 Å². The molecule has 0 atom stereocenters. The van der Waals surface area contributed by atoms with Gasteiger partial charge in [0.15, 0.2) is 17.1 Å². The van der Waals surface area contributed by atoms with Gasteiger partial charge >= 0.3 is 0 Å². The molecule has 0 saturated heterocycles. The van der Waals surface area contributed by atoms with Crippen molar-refractivity contribution >= 4 is 33.2 Å². The van der Waals surface area contributed by atoms with Crippen molar-refractivity contribution < 1.29 is 14.3 Å². The summed E-state index contributed by atoms with van der Waals surface area (Å²) in [7, 11) is 0. The molecule has 0 fully saturated rings. The van der Waals surface area contributed by atoms with Gasteiger partial charge in [0.2, 0.25) is 6.79 Å². The molecule has 6 rings (SSSR count). The average molecular weight is 423 g/mol. The minimum absolute atomic E-state index is 0.199. The molecule has 1 aliphatic heterocycles. The van der Waals surface area contributed by atoms with Crippen LogP contribution in [0.3, 0.4) is 0 Å². The second-order valence-electron chi connectivity index (χ2n) is 7.62. The summed E-state index contributed by atoms with van der Waals surface area (Å²) in [6.45, 7) is 0.504. The molecule has 0 bridgehead atoms. The van der Waals surface area contributed by atoms with Crippen LogP contribution in [0.15, 0.2) is 77.7 Å². The first kappa shape index (κ1) is 18.4. The van der Waals surface area contributed by atoms with Crippen LogP contribution < -0.4 is 20.3 Å². The smallest absolute Gasteiger partial charge is 0.265 e. The Hall–Kier alpha value is -4.39. The van der Waals surface area contributed by atoms with Crippen molar-refractivity contribution in [3.8, 4) is 11.5 Å². The molecule has 1 amide bonds. The molecule has 1 N–H and O–H groups in total. The predicted octanol–water partition coefficient (Wildman–Crippen LogP) is 3.66. The number of carbonyl (C=O) groups excluding carboxylic acids is 1. The molecule has 0 unspecified atom stereocenters. The van der Waals surface area contributed by atoms with Gasteiger partial charge in [-0.15, -0.1) is 0 Å². The Balaban J connectivity index is 1.39. The van der Waals surface area contributed by atoms with Gasteiger partial charge in [0, 0.05) is 12.7 Å². The van der Waals surface area contributed by atoms with Crippen LogP contribution in [0.2, 0.25) is 0 Å². The van der Waals surface area contributed by atoms with E-state index in [-0.39, 0.29) is 18.3 Å². The summed E-state index contributed by atoms with van der Waals surface area (Å²) in [6, 6.07) is 20.4. The van der Waals surface area contributed by atoms with Gasteiger partial charge in [-0.3, -0.25) is 14.0 Å². The first-order valence-electron chi connectivity index (χ1n) is 10.2. The van der Waals surface area contributed by atoms with Crippen LogP contribution in [-0.2, 0) is 6.54 Å². The number of pyridine rings is 1. The van der Waals surface area contributed by atoms with Gasteiger partial charge < -0.3 is 14.8 Å². The van der Waals surface area contributed by atoms with Crippen LogP contribution in [0.1, 0.15) is 15.9 Å². The fraction of sp³-hybridized carbons (Fsp3) is 0.0800. The monoisotopic (exact) mass is 423 g/mol. The van der Waals surface area contributed by atoms with Gasteiger partial charge in [-0.05, 0) is 52.7 Å². The van der Waals surface area contributed by atoms with E-state index in [1.165, 1.54) is 4.40 Å². The van der Waals surface area contributed by atoms with Crippen LogP contribution >= 0.6 is 0 Å². The number of hydrogen-bond acceptors (Lipinski definition) is 5. The van der Waals surface area contributed by atoms with Crippen LogP contribution in [0.5, 0.6) is 11.5 Å². The number of carbonyl (C=O) groups is 1. The second-order valence-corrected chi connectivity index (χ2v) is 7.62. The van der Waals surface area contributed by atoms with Gasteiger partial charge in [0.1, 0.15) is 0 Å². The van der Waals surface area contributed by atoms with E-state index in [1.807, 2.05) is 54.6 Å². The number of fused-ring (bicyclic) bond motifs is 4. The Morgan fingerprint density at radius 1 is 0.969 bits per heavy atom. The number of nitrogens with one attached hydrogen (secondary N) is 1. The lowest BCUT2D eigenvalue weighted by atomic mass is 10.1. The first-order valence-corrected chi connectivity index (χ1v) is 10.2. The highest BCUT2D eigenvalue weighted by Gasteiger charge is 2.16. The van der Waals surface area contributed by atoms with E-state index >= 15 is 0 Å². The van der Waals surface area contributed by atoms with Crippen molar-refractivity contribution in [2.45, 2.75) is 6.54 Å². The van der Waals surface area contributed by atoms with Crippen molar-refractivity contribution in [3.63, 3.8) is 0 Å². The number of nitrogens with zero attached hydrogens (tertiary/aromatic N) is 2. The third-order valence-electron chi connectivity index (χ3n) is 5.64. The number of benzene rings is 3. The lowest BCUT2D eigenvalue weighted by Crippen LogP contribution is -2.25. The third kappa shape index (κ3) is 2.94. The van der Waals surface area contributed by atoms with Gasteiger partial charge in [-0.1, -0.05) is 30.3 Å². The molecule has 0 radical (unpaired) electrons. The molecular weight excluding hydrogens is 406 g/mol. The maximum Gasteiger partial charge on any atom is 0.265 e. The second kappa shape index (κ2) is 7.09. The maximum absolute atomic E-state index is 13.2. The summed E-state index contributed by atoms with van der Waals surface area (Å²) in [6.07, 6.45) is 1.63. The van der Waals surface area contributed by atoms with Crippen LogP contribution in [0.4, 0.5) is 0 Å². The molecule has 156 valence electrons. The average Bonchev–Trinajstić information content (AvgIpc) is 3.29. The van der Waals surface area contributed by atoms with Gasteiger partial charge in [-0.25, -0.2) is 4.98 Å². The zero-order chi connectivity index (χ0) is 21.7. The molecule has 0 saturated carbocycles. The van der Waals surface area contributed by atoms with Crippen molar-refractivity contribution in [2.24, 2.45) is 0 Å². The topological polar surface area (TPSA) is 81.9 Å². The van der Waals surface area contributed by atoms with Crippen molar-refractivity contribution in [3.05, 3.63) is 94.4 Å². The Labute approximate surface area is 181 Å². The minimum Gasteiger partial charge on any atom is -0.454 e. The Morgan fingerprint density at radius 3 is 2.66 bits per heavy atom. The summed E-state index contributed by atoms with van der Waals surface area (Å²) < 4.78 is 12.1. The largest absolute Gasteiger partial charge is 0.454 e. The zero-order valence-electron chi connectivity index (χ0n) is 16.9. The lowest BCUT2D eigenvalue weighted by molar-refractivity contribution is 0.0952. The van der Waals surface area contributed by atoms with Crippen LogP contribution in [0, 0.1) is 0 Å². The van der Waals surface area contributed by atoms with Gasteiger partial charge in [0.25, 0.3) is 11.5 Å². The third-order valence-corrected chi connectivity index (χ3v) is 5.64. The predicted molar refractivity (Wildman–Crippen MR) is 120 cm³/mol. The highest BCUT2D eigenvalue weighted by atomic mass is 16.7. The summed E-state index contributed by atoms with van der Waals surface area (Å²) in [4.78, 5) is 30.8. The quantitative estimate of drug-likeness (QED) is 0.448. The molecule has 0 spiro atoms. The molecule has 1 aliphatic rings. The van der Waals surface area contributed by atoms with Gasteiger partial charge in [-0.2, -0.15) is 0 Å². The number of aromatic nitrogens is 2. The van der Waals surface area contributed by atoms with Crippen molar-refractivity contribution in [1.29, 1.82) is 0 Å². The van der Waals surface area contributed by atoms with Crippen LogP contribution in [0.25, 0.3) is 27.3 Å². The van der Waals surface area contributed by atoms with E-state index in [1.54, 1.807) is 18.3 Å². The van der Waals surface area contributed by atoms with Crippen LogP contribution in [-0.4, -0.2) is 22.1 Å². The standard InChI is InChI=1S/C25H17N3O4/c29-24(26-13-15-7-8-21-22(10-15)32-14-31-21)18-6-3-9-28-23(18)27-20-12-17-5-2-1-4-16(17)11-19(20)25(28)30/h1-12H,13-14H2,(H,26,29). The first-order chi connectivity index (χ1) is 15.7. The van der Waals surface area contributed by atoms with E-state index in [2.05, 4.69) is 10.3 Å². The number of amides is 1. The Kier molecular flexibility index (Phi) is 4.07. The molecule has 5 aromatic rings. The number of hydrogen-bond donors (Lipinski definition) is 1. The fourth-order valence-electron chi connectivity index (χ4n) is 4.02. The Bertz CT molecular complexity index is 1610. The SMILES string of the molecule is O=C(NCc1ccc2c(c1)OCO2)c1cccn2c(=O)c3cc4ccccc4cc3nc12. The van der Waals surface area contributed by atoms with E-state index in [0.29, 0.717) is 40.2 Å². The number of rotatable bonds is 3. The normalized spacial score (nSPS) is 12.5. The molecule has 2 aromatic heterocycles. The van der Waals surface area contributed by atoms with Crippen molar-refractivity contribution in [1.82, 2.24) is 14.7 Å². The minimum atomic E-state index is -0.312. The molecule has 7 heteroatoms. The van der Waals surface area contributed by atoms with E-state index in [9.17, 15) is 9.59 Å². The van der Waals surface area contributed by atoms with Crippen molar-refractivity contribution in [2.75, 3.05) is 6.79 Å². The highest BCUT2D eigenvalue weighted by Crippen LogP contribution is 2.32. The maximum atomic E-state index is 13.2. The lowest BCUT2D eigenvalue weighted by Gasteiger charge is -2.10. The summed E-state index contributed by atoms with van der Waals surface area (Å²) in [5.41, 5.74) is 1.89. The molecule has 7 nitrogen and oxygen atoms in total. The molecule has 0 aliphatic carbocycles. The van der Waals surface area contributed by atoms with Gasteiger partial charge in [0.05, 0.1) is 16.5 Å². The molecular formula is C25H17N3O4. The van der Waals surface area contributed by atoms with E-state index < -0.39 is 0 Å². The molecule has 3 heterocycles. The van der Waals surface area contributed by atoms with E-state index in [4.69, 9.17) is 9.47 Å².